The van der Waals surface area contributed by atoms with Gasteiger partial charge in [0.25, 0.3) is 0 Å². The van der Waals surface area contributed by atoms with E-state index >= 15 is 0 Å². The highest BCUT2D eigenvalue weighted by atomic mass is 16.7. The number of fused-ring (bicyclic) bond motifs is 3. The van der Waals surface area contributed by atoms with Crippen LogP contribution in [0.25, 0.3) is 0 Å². The first-order valence-corrected chi connectivity index (χ1v) is 9.26. The third kappa shape index (κ3) is 2.82. The smallest absolute Gasteiger partial charge is 0.155 e. The predicted molar refractivity (Wildman–Crippen MR) is 95.5 cm³/mol. The van der Waals surface area contributed by atoms with Crippen molar-refractivity contribution in [3.63, 3.8) is 0 Å². The maximum Gasteiger partial charge on any atom is 0.155 e. The number of ketones is 1. The molecule has 3 aliphatic carbocycles. The van der Waals surface area contributed by atoms with E-state index in [1.54, 1.807) is 7.11 Å². The van der Waals surface area contributed by atoms with Crippen LogP contribution in [-0.4, -0.2) is 25.8 Å². The summed E-state index contributed by atoms with van der Waals surface area (Å²) in [5, 5.41) is 0. The first kappa shape index (κ1) is 17.6. The minimum absolute atomic E-state index is 0.0299. The zero-order valence-corrected chi connectivity index (χ0v) is 14.8. The largest absolute Gasteiger partial charge is 0.359 e. The molecule has 0 heterocycles. The number of methoxy groups -OCH3 is 1. The molecule has 3 heteroatoms. The number of carbonyl (C=O) groups excluding carboxylic acids is 1. The van der Waals surface area contributed by atoms with Crippen LogP contribution in [0.2, 0.25) is 0 Å². The fourth-order valence-corrected chi connectivity index (χ4v) is 5.80. The van der Waals surface area contributed by atoms with Crippen molar-refractivity contribution < 1.29 is 14.3 Å². The Morgan fingerprint density at radius 1 is 1.33 bits per heavy atom. The monoisotopic (exact) mass is 330 g/mol. The minimum atomic E-state index is -0.0351. The fraction of sp³-hybridized carbons (Fsp3) is 0.667. The van der Waals surface area contributed by atoms with Gasteiger partial charge in [0.2, 0.25) is 0 Å². The average molecular weight is 330 g/mol. The van der Waals surface area contributed by atoms with Crippen LogP contribution in [-0.2, 0) is 14.3 Å². The van der Waals surface area contributed by atoms with Crippen LogP contribution < -0.4 is 0 Å². The van der Waals surface area contributed by atoms with E-state index in [4.69, 9.17) is 9.47 Å². The summed E-state index contributed by atoms with van der Waals surface area (Å²) in [7, 11) is 1.66. The van der Waals surface area contributed by atoms with Crippen molar-refractivity contribution in [2.45, 2.75) is 51.0 Å². The van der Waals surface area contributed by atoms with E-state index in [0.717, 1.165) is 25.7 Å². The second-order valence-electron chi connectivity index (χ2n) is 7.56. The number of carbonyl (C=O) groups is 1. The summed E-state index contributed by atoms with van der Waals surface area (Å²) in [5.74, 6) is 1.81. The zero-order valence-electron chi connectivity index (χ0n) is 14.8. The number of hydrogen-bond acceptors (Lipinski definition) is 3. The molecule has 0 saturated heterocycles. The maximum atomic E-state index is 12.0. The Bertz CT molecular complexity index is 535. The topological polar surface area (TPSA) is 35.5 Å². The van der Waals surface area contributed by atoms with E-state index in [2.05, 4.69) is 19.2 Å². The van der Waals surface area contributed by atoms with Gasteiger partial charge in [-0.2, -0.15) is 0 Å². The summed E-state index contributed by atoms with van der Waals surface area (Å²) in [5.41, 5.74) is 1.38. The van der Waals surface area contributed by atoms with Crippen molar-refractivity contribution in [1.29, 1.82) is 0 Å². The van der Waals surface area contributed by atoms with Crippen LogP contribution in [0.15, 0.2) is 37.0 Å². The Labute approximate surface area is 145 Å². The molecule has 0 aliphatic heterocycles. The SMILES string of the molecule is C=CC1CCCC2([C@@H](C=C)OCOC)C3CCC(=O)C=C3CC[C@H]12. The lowest BCUT2D eigenvalue weighted by atomic mass is 9.47. The Kier molecular flexibility index (Phi) is 5.41. The highest BCUT2D eigenvalue weighted by Crippen LogP contribution is 2.61. The summed E-state index contributed by atoms with van der Waals surface area (Å²) in [6, 6.07) is 0. The van der Waals surface area contributed by atoms with Gasteiger partial charge in [0, 0.05) is 18.9 Å². The van der Waals surface area contributed by atoms with Gasteiger partial charge in [-0.15, -0.1) is 13.2 Å². The second-order valence-corrected chi connectivity index (χ2v) is 7.56. The van der Waals surface area contributed by atoms with Gasteiger partial charge in [0.15, 0.2) is 5.78 Å². The molecule has 3 rings (SSSR count). The third-order valence-electron chi connectivity index (χ3n) is 6.63. The number of hydrogen-bond donors (Lipinski definition) is 0. The highest BCUT2D eigenvalue weighted by Gasteiger charge is 2.57. The summed E-state index contributed by atoms with van der Waals surface area (Å²) < 4.78 is 11.3. The molecule has 0 bridgehead atoms. The Balaban J connectivity index is 2.04. The molecule has 0 N–H and O–H groups in total. The van der Waals surface area contributed by atoms with Gasteiger partial charge in [-0.25, -0.2) is 0 Å². The van der Waals surface area contributed by atoms with Crippen LogP contribution in [0.1, 0.15) is 44.9 Å². The molecular weight excluding hydrogens is 300 g/mol. The summed E-state index contributed by atoms with van der Waals surface area (Å²) in [6.45, 7) is 8.48. The Hall–Kier alpha value is -1.19. The molecule has 132 valence electrons. The fourth-order valence-electron chi connectivity index (χ4n) is 5.80. The molecule has 5 atom stereocenters. The Morgan fingerprint density at radius 3 is 2.88 bits per heavy atom. The zero-order chi connectivity index (χ0) is 17.2. The van der Waals surface area contributed by atoms with E-state index in [1.165, 1.54) is 18.4 Å². The third-order valence-corrected chi connectivity index (χ3v) is 6.63. The molecule has 0 aromatic heterocycles. The molecule has 3 unspecified atom stereocenters. The predicted octanol–water partition coefficient (Wildman–Crippen LogP) is 4.45. The molecular formula is C21H30O3. The molecule has 3 nitrogen and oxygen atoms in total. The van der Waals surface area contributed by atoms with Gasteiger partial charge in [-0.05, 0) is 55.9 Å². The van der Waals surface area contributed by atoms with Gasteiger partial charge >= 0.3 is 0 Å². The first-order valence-electron chi connectivity index (χ1n) is 9.26. The van der Waals surface area contributed by atoms with Crippen molar-refractivity contribution in [1.82, 2.24) is 0 Å². The molecule has 0 amide bonds. The first-order chi connectivity index (χ1) is 11.7. The molecule has 24 heavy (non-hydrogen) atoms. The van der Waals surface area contributed by atoms with Crippen LogP contribution in [0.5, 0.6) is 0 Å². The van der Waals surface area contributed by atoms with Crippen LogP contribution in [0, 0.1) is 23.2 Å². The summed E-state index contributed by atoms with van der Waals surface area (Å²) in [6.07, 6.45) is 13.3. The summed E-state index contributed by atoms with van der Waals surface area (Å²) in [4.78, 5) is 12.0. The van der Waals surface area contributed by atoms with Crippen molar-refractivity contribution >= 4 is 5.78 Å². The highest BCUT2D eigenvalue weighted by molar-refractivity contribution is 5.91. The van der Waals surface area contributed by atoms with Gasteiger partial charge in [0.05, 0.1) is 6.10 Å². The van der Waals surface area contributed by atoms with Crippen molar-refractivity contribution in [2.75, 3.05) is 13.9 Å². The van der Waals surface area contributed by atoms with Gasteiger partial charge in [0.1, 0.15) is 6.79 Å². The molecule has 2 saturated carbocycles. The van der Waals surface area contributed by atoms with Gasteiger partial charge < -0.3 is 9.47 Å². The number of rotatable bonds is 6. The molecule has 0 aromatic rings. The van der Waals surface area contributed by atoms with E-state index in [-0.39, 0.29) is 18.3 Å². The van der Waals surface area contributed by atoms with Gasteiger partial charge in [-0.1, -0.05) is 24.1 Å². The van der Waals surface area contributed by atoms with Crippen molar-refractivity contribution in [2.24, 2.45) is 23.2 Å². The second kappa shape index (κ2) is 7.37. The minimum Gasteiger partial charge on any atom is -0.359 e. The summed E-state index contributed by atoms with van der Waals surface area (Å²) >= 11 is 0. The lowest BCUT2D eigenvalue weighted by molar-refractivity contribution is -0.157. The lowest BCUT2D eigenvalue weighted by Gasteiger charge is -2.59. The Morgan fingerprint density at radius 2 is 2.17 bits per heavy atom. The van der Waals surface area contributed by atoms with E-state index in [1.807, 2.05) is 12.2 Å². The molecule has 2 fully saturated rings. The van der Waals surface area contributed by atoms with E-state index in [9.17, 15) is 4.79 Å². The molecule has 3 aliphatic rings. The van der Waals surface area contributed by atoms with Crippen molar-refractivity contribution in [3.8, 4) is 0 Å². The van der Waals surface area contributed by atoms with E-state index in [0.29, 0.717) is 30.0 Å². The van der Waals surface area contributed by atoms with Crippen molar-refractivity contribution in [3.05, 3.63) is 37.0 Å². The quantitative estimate of drug-likeness (QED) is 0.533. The normalized spacial score (nSPS) is 37.0. The number of ether oxygens (including phenoxy) is 2. The van der Waals surface area contributed by atoms with E-state index < -0.39 is 0 Å². The molecule has 0 aromatic carbocycles. The van der Waals surface area contributed by atoms with Gasteiger partial charge in [-0.3, -0.25) is 4.79 Å². The number of allylic oxidation sites excluding steroid dienone is 3. The average Bonchev–Trinajstić information content (AvgIpc) is 2.61. The standard InChI is InChI=1S/C21H30O3/c1-4-15-7-6-12-21(20(5-2)24-14-23-3)18(15)10-8-16-13-17(22)9-11-19(16)21/h4-5,13,15,18-20H,1-2,6-12,14H2,3H3/t15?,18-,19?,20-,21?/m1/s1. The maximum absolute atomic E-state index is 12.0. The van der Waals surface area contributed by atoms with Crippen LogP contribution in [0.3, 0.4) is 0 Å². The van der Waals surface area contributed by atoms with Crippen LogP contribution in [0.4, 0.5) is 0 Å². The molecule has 0 radical (unpaired) electrons. The lowest BCUT2D eigenvalue weighted by Crippen LogP contribution is -2.55. The van der Waals surface area contributed by atoms with Crippen LogP contribution >= 0.6 is 0 Å². The molecule has 0 spiro atoms.